The molecule has 0 spiro atoms. The molecule has 19 heavy (non-hydrogen) atoms. The van der Waals surface area contributed by atoms with E-state index in [-0.39, 0.29) is 0 Å². The number of hydrogen-bond acceptors (Lipinski definition) is 2. The SMILES string of the molecule is CCCCCCC1CC(CCc2ccccc2)=NO1. The summed E-state index contributed by atoms with van der Waals surface area (Å²) in [5, 5.41) is 4.25. The Bertz CT molecular complexity index is 386. The monoisotopic (exact) mass is 259 g/mol. The molecule has 1 aromatic carbocycles. The number of rotatable bonds is 8. The molecule has 104 valence electrons. The molecule has 0 saturated carbocycles. The minimum Gasteiger partial charge on any atom is -0.392 e. The minimum absolute atomic E-state index is 0.350. The molecule has 0 bridgehead atoms. The molecule has 1 heterocycles. The molecule has 0 aromatic heterocycles. The van der Waals surface area contributed by atoms with E-state index in [1.165, 1.54) is 43.4 Å². The van der Waals surface area contributed by atoms with E-state index in [9.17, 15) is 0 Å². The second-order valence-electron chi connectivity index (χ2n) is 5.42. The van der Waals surface area contributed by atoms with Gasteiger partial charge in [0.1, 0.15) is 6.10 Å². The van der Waals surface area contributed by atoms with Crippen LogP contribution in [-0.2, 0) is 11.3 Å². The molecule has 0 saturated heterocycles. The summed E-state index contributed by atoms with van der Waals surface area (Å²) < 4.78 is 0. The first-order chi connectivity index (χ1) is 9.38. The summed E-state index contributed by atoms with van der Waals surface area (Å²) in [7, 11) is 0. The van der Waals surface area contributed by atoms with Gasteiger partial charge in [-0.2, -0.15) is 0 Å². The van der Waals surface area contributed by atoms with Gasteiger partial charge in [-0.15, -0.1) is 0 Å². The van der Waals surface area contributed by atoms with Crippen molar-refractivity contribution >= 4 is 5.71 Å². The molecule has 1 aliphatic rings. The summed E-state index contributed by atoms with van der Waals surface area (Å²) in [5.74, 6) is 0. The molecule has 0 amide bonds. The molecule has 1 aromatic rings. The molecule has 1 aliphatic heterocycles. The lowest BCUT2D eigenvalue weighted by Crippen LogP contribution is -2.08. The van der Waals surface area contributed by atoms with Crippen LogP contribution in [0.1, 0.15) is 57.4 Å². The third kappa shape index (κ3) is 5.06. The molecule has 0 radical (unpaired) electrons. The largest absolute Gasteiger partial charge is 0.392 e. The maximum absolute atomic E-state index is 5.52. The Morgan fingerprint density at radius 1 is 1.11 bits per heavy atom. The van der Waals surface area contributed by atoms with Gasteiger partial charge in [-0.05, 0) is 31.2 Å². The number of hydrogen-bond donors (Lipinski definition) is 0. The number of unbranched alkanes of at least 4 members (excludes halogenated alkanes) is 3. The summed E-state index contributed by atoms with van der Waals surface area (Å²) in [4.78, 5) is 5.52. The van der Waals surface area contributed by atoms with Crippen LogP contribution in [-0.4, -0.2) is 11.8 Å². The van der Waals surface area contributed by atoms with Crippen molar-refractivity contribution in [1.29, 1.82) is 0 Å². The van der Waals surface area contributed by atoms with Gasteiger partial charge in [0, 0.05) is 6.42 Å². The maximum atomic E-state index is 5.52. The second kappa shape index (κ2) is 7.98. The van der Waals surface area contributed by atoms with Crippen LogP contribution in [0.2, 0.25) is 0 Å². The first kappa shape index (κ1) is 14.1. The minimum atomic E-state index is 0.350. The average Bonchev–Trinajstić information content (AvgIpc) is 2.91. The van der Waals surface area contributed by atoms with Gasteiger partial charge in [-0.1, -0.05) is 61.7 Å². The molecule has 0 aliphatic carbocycles. The Morgan fingerprint density at radius 2 is 1.95 bits per heavy atom. The molecule has 2 nitrogen and oxygen atoms in total. The van der Waals surface area contributed by atoms with Crippen molar-refractivity contribution < 1.29 is 4.84 Å². The van der Waals surface area contributed by atoms with Gasteiger partial charge in [-0.25, -0.2) is 0 Å². The molecular weight excluding hydrogens is 234 g/mol. The van der Waals surface area contributed by atoms with Gasteiger partial charge >= 0.3 is 0 Å². The molecule has 2 rings (SSSR count). The van der Waals surface area contributed by atoms with Gasteiger partial charge in [0.05, 0.1) is 5.71 Å². The van der Waals surface area contributed by atoms with Crippen LogP contribution in [0.15, 0.2) is 35.5 Å². The summed E-state index contributed by atoms with van der Waals surface area (Å²) >= 11 is 0. The summed E-state index contributed by atoms with van der Waals surface area (Å²) in [6.07, 6.45) is 9.91. The fourth-order valence-corrected chi connectivity index (χ4v) is 2.52. The zero-order valence-electron chi connectivity index (χ0n) is 12.0. The van der Waals surface area contributed by atoms with E-state index in [0.29, 0.717) is 6.10 Å². The van der Waals surface area contributed by atoms with Crippen molar-refractivity contribution in [1.82, 2.24) is 0 Å². The number of aryl methyl sites for hydroxylation is 1. The van der Waals surface area contributed by atoms with Gasteiger partial charge in [0.2, 0.25) is 0 Å². The second-order valence-corrected chi connectivity index (χ2v) is 5.42. The number of oxime groups is 1. The molecule has 1 unspecified atom stereocenters. The van der Waals surface area contributed by atoms with Crippen LogP contribution in [0.4, 0.5) is 0 Å². The van der Waals surface area contributed by atoms with E-state index >= 15 is 0 Å². The molecule has 0 fully saturated rings. The van der Waals surface area contributed by atoms with Crippen molar-refractivity contribution in [3.63, 3.8) is 0 Å². The standard InChI is InChI=1S/C17H25NO/c1-2-3-4-8-11-17-14-16(18-19-17)13-12-15-9-6-5-7-10-15/h5-7,9-10,17H,2-4,8,11-14H2,1H3. The molecule has 0 N–H and O–H groups in total. The lowest BCUT2D eigenvalue weighted by molar-refractivity contribution is 0.0770. The fraction of sp³-hybridized carbons (Fsp3) is 0.588. The van der Waals surface area contributed by atoms with Crippen LogP contribution in [0.25, 0.3) is 0 Å². The van der Waals surface area contributed by atoms with E-state index in [1.807, 2.05) is 0 Å². The van der Waals surface area contributed by atoms with Crippen molar-refractivity contribution in [3.05, 3.63) is 35.9 Å². The number of benzene rings is 1. The third-order valence-corrected chi connectivity index (χ3v) is 3.72. The predicted octanol–water partition coefficient (Wildman–Crippen LogP) is 4.73. The zero-order valence-corrected chi connectivity index (χ0v) is 12.0. The molecular formula is C17H25NO. The Hall–Kier alpha value is -1.31. The Balaban J connectivity index is 1.62. The van der Waals surface area contributed by atoms with Crippen molar-refractivity contribution in [3.8, 4) is 0 Å². The van der Waals surface area contributed by atoms with Gasteiger partial charge in [0.15, 0.2) is 0 Å². The highest BCUT2D eigenvalue weighted by molar-refractivity contribution is 5.85. The Kier molecular flexibility index (Phi) is 5.93. The summed E-state index contributed by atoms with van der Waals surface area (Å²) in [6, 6.07) is 10.6. The van der Waals surface area contributed by atoms with E-state index in [4.69, 9.17) is 4.84 Å². The zero-order chi connectivity index (χ0) is 13.3. The molecule has 1 atom stereocenters. The van der Waals surface area contributed by atoms with Crippen LogP contribution in [0.5, 0.6) is 0 Å². The van der Waals surface area contributed by atoms with Crippen molar-refractivity contribution in [2.45, 2.75) is 64.4 Å². The van der Waals surface area contributed by atoms with E-state index in [2.05, 4.69) is 42.4 Å². The maximum Gasteiger partial charge on any atom is 0.132 e. The average molecular weight is 259 g/mol. The molecule has 2 heteroatoms. The quantitative estimate of drug-likeness (QED) is 0.618. The van der Waals surface area contributed by atoms with Crippen LogP contribution in [0, 0.1) is 0 Å². The summed E-state index contributed by atoms with van der Waals surface area (Å²) in [5.41, 5.74) is 2.63. The van der Waals surface area contributed by atoms with Crippen LogP contribution >= 0.6 is 0 Å². The van der Waals surface area contributed by atoms with Gasteiger partial charge < -0.3 is 4.84 Å². The van der Waals surface area contributed by atoms with Crippen molar-refractivity contribution in [2.75, 3.05) is 0 Å². The fourth-order valence-electron chi connectivity index (χ4n) is 2.52. The summed E-state index contributed by atoms with van der Waals surface area (Å²) in [6.45, 7) is 2.25. The Morgan fingerprint density at radius 3 is 2.74 bits per heavy atom. The lowest BCUT2D eigenvalue weighted by atomic mass is 10.0. The highest BCUT2D eigenvalue weighted by Crippen LogP contribution is 2.19. The van der Waals surface area contributed by atoms with E-state index < -0.39 is 0 Å². The topological polar surface area (TPSA) is 21.6 Å². The van der Waals surface area contributed by atoms with Crippen LogP contribution < -0.4 is 0 Å². The lowest BCUT2D eigenvalue weighted by Gasteiger charge is -2.07. The van der Waals surface area contributed by atoms with E-state index in [1.54, 1.807) is 0 Å². The first-order valence-corrected chi connectivity index (χ1v) is 7.64. The third-order valence-electron chi connectivity index (χ3n) is 3.72. The smallest absolute Gasteiger partial charge is 0.132 e. The highest BCUT2D eigenvalue weighted by Gasteiger charge is 2.19. The first-order valence-electron chi connectivity index (χ1n) is 7.64. The highest BCUT2D eigenvalue weighted by atomic mass is 16.6. The van der Waals surface area contributed by atoms with E-state index in [0.717, 1.165) is 19.3 Å². The predicted molar refractivity (Wildman–Crippen MR) is 80.4 cm³/mol. The van der Waals surface area contributed by atoms with Gasteiger partial charge in [-0.3, -0.25) is 0 Å². The Labute approximate surface area is 116 Å². The van der Waals surface area contributed by atoms with Gasteiger partial charge in [0.25, 0.3) is 0 Å². The van der Waals surface area contributed by atoms with Crippen LogP contribution in [0.3, 0.4) is 0 Å². The normalized spacial score (nSPS) is 18.2. The van der Waals surface area contributed by atoms with Crippen molar-refractivity contribution in [2.24, 2.45) is 5.16 Å². The number of nitrogens with zero attached hydrogens (tertiary/aromatic N) is 1.